The van der Waals surface area contributed by atoms with E-state index < -0.39 is 6.43 Å². The maximum Gasteiger partial charge on any atom is 0.267 e. The molecule has 2 nitrogen and oxygen atoms in total. The molecule has 70 valence electrons. The number of para-hydroxylation sites is 1. The Morgan fingerprint density at radius 2 is 2.23 bits per heavy atom. The van der Waals surface area contributed by atoms with Crippen molar-refractivity contribution in [1.82, 2.24) is 0 Å². The van der Waals surface area contributed by atoms with E-state index in [1.807, 2.05) is 0 Å². The van der Waals surface area contributed by atoms with Crippen LogP contribution in [0.4, 0.5) is 14.5 Å². The molecular weight excluding hydrogens is 176 g/mol. The van der Waals surface area contributed by atoms with Crippen molar-refractivity contribution in [3.63, 3.8) is 0 Å². The molecule has 1 aromatic rings. The Balaban J connectivity index is 2.46. The molecule has 0 saturated heterocycles. The second kappa shape index (κ2) is 3.20. The van der Waals surface area contributed by atoms with Gasteiger partial charge in [0.25, 0.3) is 6.43 Å². The quantitative estimate of drug-likeness (QED) is 0.725. The Labute approximate surface area is 74.5 Å². The normalized spacial score (nSPS) is 14.7. The van der Waals surface area contributed by atoms with Crippen LogP contribution in [0.1, 0.15) is 12.0 Å². The van der Waals surface area contributed by atoms with E-state index in [4.69, 9.17) is 4.74 Å². The highest BCUT2D eigenvalue weighted by molar-refractivity contribution is 5.61. The third kappa shape index (κ3) is 1.43. The smallest absolute Gasteiger partial charge is 0.267 e. The summed E-state index contributed by atoms with van der Waals surface area (Å²) in [5, 5.41) is 3.00. The van der Waals surface area contributed by atoms with Crippen molar-refractivity contribution < 1.29 is 13.5 Å². The molecule has 0 unspecified atom stereocenters. The summed E-state index contributed by atoms with van der Waals surface area (Å²) in [5.74, 6) is 0.295. The van der Waals surface area contributed by atoms with E-state index >= 15 is 0 Å². The van der Waals surface area contributed by atoms with E-state index in [1.165, 1.54) is 6.07 Å². The molecule has 0 aromatic heterocycles. The highest BCUT2D eigenvalue weighted by Gasteiger charge is 2.19. The minimum Gasteiger partial charge on any atom is -0.489 e. The average molecular weight is 185 g/mol. The molecule has 0 bridgehead atoms. The van der Waals surface area contributed by atoms with Crippen molar-refractivity contribution in [3.8, 4) is 5.75 Å². The van der Waals surface area contributed by atoms with E-state index in [0.717, 1.165) is 0 Å². The van der Waals surface area contributed by atoms with Crippen molar-refractivity contribution in [2.24, 2.45) is 0 Å². The number of ether oxygens (including phenoxy) is 1. The fourth-order valence-corrected chi connectivity index (χ4v) is 1.37. The van der Waals surface area contributed by atoms with Crippen molar-refractivity contribution in [2.45, 2.75) is 6.43 Å². The van der Waals surface area contributed by atoms with Gasteiger partial charge in [0.2, 0.25) is 0 Å². The van der Waals surface area contributed by atoms with Crippen LogP contribution in [0.15, 0.2) is 18.2 Å². The topological polar surface area (TPSA) is 21.3 Å². The molecule has 0 saturated carbocycles. The predicted octanol–water partition coefficient (Wildman–Crippen LogP) is 2.43. The van der Waals surface area contributed by atoms with Gasteiger partial charge in [0, 0.05) is 6.54 Å². The first-order chi connectivity index (χ1) is 6.29. The van der Waals surface area contributed by atoms with Crippen LogP contribution in [-0.2, 0) is 0 Å². The fraction of sp³-hybridized carbons (Fsp3) is 0.333. The van der Waals surface area contributed by atoms with Gasteiger partial charge in [0.1, 0.15) is 6.61 Å². The van der Waals surface area contributed by atoms with Crippen molar-refractivity contribution >= 4 is 5.69 Å². The largest absolute Gasteiger partial charge is 0.489 e. The summed E-state index contributed by atoms with van der Waals surface area (Å²) in [6.07, 6.45) is -2.48. The van der Waals surface area contributed by atoms with Crippen LogP contribution in [-0.4, -0.2) is 13.2 Å². The number of rotatable bonds is 1. The maximum absolute atomic E-state index is 12.4. The van der Waals surface area contributed by atoms with Gasteiger partial charge >= 0.3 is 0 Å². The van der Waals surface area contributed by atoms with E-state index in [-0.39, 0.29) is 5.56 Å². The van der Waals surface area contributed by atoms with Crippen LogP contribution in [0.3, 0.4) is 0 Å². The first kappa shape index (κ1) is 8.29. The van der Waals surface area contributed by atoms with Gasteiger partial charge in [-0.25, -0.2) is 8.78 Å². The summed E-state index contributed by atoms with van der Waals surface area (Å²) in [6.45, 7) is 1.11. The molecule has 0 atom stereocenters. The van der Waals surface area contributed by atoms with Gasteiger partial charge in [-0.1, -0.05) is 6.07 Å². The van der Waals surface area contributed by atoms with Gasteiger partial charge in [-0.2, -0.15) is 0 Å². The summed E-state index contributed by atoms with van der Waals surface area (Å²) < 4.78 is 30.1. The Bertz CT molecular complexity index is 314. The number of anilines is 1. The summed E-state index contributed by atoms with van der Waals surface area (Å²) in [5.41, 5.74) is 0.619. The SMILES string of the molecule is FC(F)c1cccc2c1OCCN2. The number of alkyl halides is 2. The number of benzene rings is 1. The van der Waals surface area contributed by atoms with E-state index in [9.17, 15) is 8.78 Å². The van der Waals surface area contributed by atoms with Crippen LogP contribution in [0.25, 0.3) is 0 Å². The second-order valence-corrected chi connectivity index (χ2v) is 2.80. The first-order valence-corrected chi connectivity index (χ1v) is 4.07. The lowest BCUT2D eigenvalue weighted by molar-refractivity contribution is 0.145. The van der Waals surface area contributed by atoms with Crippen LogP contribution >= 0.6 is 0 Å². The van der Waals surface area contributed by atoms with Gasteiger partial charge < -0.3 is 10.1 Å². The lowest BCUT2D eigenvalue weighted by Crippen LogP contribution is -2.19. The number of hydrogen-bond acceptors (Lipinski definition) is 2. The zero-order chi connectivity index (χ0) is 9.26. The van der Waals surface area contributed by atoms with Crippen molar-refractivity contribution in [3.05, 3.63) is 23.8 Å². The lowest BCUT2D eigenvalue weighted by atomic mass is 10.1. The Hall–Kier alpha value is -1.32. The van der Waals surface area contributed by atoms with E-state index in [1.54, 1.807) is 12.1 Å². The molecule has 0 aliphatic carbocycles. The molecule has 1 aromatic carbocycles. The van der Waals surface area contributed by atoms with Gasteiger partial charge in [0.05, 0.1) is 11.3 Å². The van der Waals surface area contributed by atoms with Gasteiger partial charge in [0.15, 0.2) is 5.75 Å². The number of halogens is 2. The fourth-order valence-electron chi connectivity index (χ4n) is 1.37. The average Bonchev–Trinajstić information content (AvgIpc) is 2.17. The molecule has 0 amide bonds. The molecule has 0 radical (unpaired) electrons. The first-order valence-electron chi connectivity index (χ1n) is 4.07. The molecular formula is C9H9F2NO. The van der Waals surface area contributed by atoms with Crippen molar-refractivity contribution in [1.29, 1.82) is 0 Å². The lowest BCUT2D eigenvalue weighted by Gasteiger charge is -2.21. The summed E-state index contributed by atoms with van der Waals surface area (Å²) in [7, 11) is 0. The minimum absolute atomic E-state index is 0.0373. The van der Waals surface area contributed by atoms with Crippen LogP contribution in [0, 0.1) is 0 Å². The van der Waals surface area contributed by atoms with Gasteiger partial charge in [-0.05, 0) is 12.1 Å². The van der Waals surface area contributed by atoms with Gasteiger partial charge in [-0.3, -0.25) is 0 Å². The minimum atomic E-state index is -2.48. The third-order valence-corrected chi connectivity index (χ3v) is 1.94. The molecule has 13 heavy (non-hydrogen) atoms. The molecule has 2 rings (SSSR count). The highest BCUT2D eigenvalue weighted by Crippen LogP contribution is 2.36. The Morgan fingerprint density at radius 3 is 3.00 bits per heavy atom. The second-order valence-electron chi connectivity index (χ2n) is 2.80. The number of hydrogen-bond donors (Lipinski definition) is 1. The van der Waals surface area contributed by atoms with Gasteiger partial charge in [-0.15, -0.1) is 0 Å². The zero-order valence-corrected chi connectivity index (χ0v) is 6.89. The number of nitrogens with one attached hydrogen (secondary N) is 1. The molecule has 4 heteroatoms. The van der Waals surface area contributed by atoms with Crippen LogP contribution in [0.2, 0.25) is 0 Å². The maximum atomic E-state index is 12.4. The third-order valence-electron chi connectivity index (χ3n) is 1.94. The highest BCUT2D eigenvalue weighted by atomic mass is 19.3. The Morgan fingerprint density at radius 1 is 1.38 bits per heavy atom. The van der Waals surface area contributed by atoms with E-state index in [2.05, 4.69) is 5.32 Å². The van der Waals surface area contributed by atoms with E-state index in [0.29, 0.717) is 24.6 Å². The summed E-state index contributed by atoms with van der Waals surface area (Å²) in [4.78, 5) is 0. The van der Waals surface area contributed by atoms with Crippen LogP contribution in [0.5, 0.6) is 5.75 Å². The molecule has 0 spiro atoms. The van der Waals surface area contributed by atoms with Crippen molar-refractivity contribution in [2.75, 3.05) is 18.5 Å². The molecule has 1 aliphatic heterocycles. The Kier molecular flexibility index (Phi) is 2.04. The monoisotopic (exact) mass is 185 g/mol. The number of fused-ring (bicyclic) bond motifs is 1. The molecule has 1 heterocycles. The predicted molar refractivity (Wildman–Crippen MR) is 45.4 cm³/mol. The standard InChI is InChI=1S/C9H9F2NO/c10-9(11)6-2-1-3-7-8(6)13-5-4-12-7/h1-3,9,12H,4-5H2. The van der Waals surface area contributed by atoms with Crippen LogP contribution < -0.4 is 10.1 Å². The zero-order valence-electron chi connectivity index (χ0n) is 6.89. The molecule has 1 aliphatic rings. The molecule has 1 N–H and O–H groups in total. The summed E-state index contributed by atoms with van der Waals surface area (Å²) >= 11 is 0. The molecule has 0 fully saturated rings. The summed E-state index contributed by atoms with van der Waals surface area (Å²) in [6, 6.07) is 4.72.